The van der Waals surface area contributed by atoms with Crippen LogP contribution in [-0.4, -0.2) is 25.8 Å². The zero-order valence-corrected chi connectivity index (χ0v) is 9.78. The van der Waals surface area contributed by atoms with E-state index in [1.807, 2.05) is 12.2 Å². The molecule has 0 N–H and O–H groups in total. The van der Waals surface area contributed by atoms with Crippen LogP contribution in [0.1, 0.15) is 39.5 Å². The van der Waals surface area contributed by atoms with Gasteiger partial charge in [0, 0.05) is 0 Å². The molecule has 0 fully saturated rings. The van der Waals surface area contributed by atoms with Gasteiger partial charge in [-0.3, -0.25) is 0 Å². The van der Waals surface area contributed by atoms with Crippen molar-refractivity contribution >= 4 is 0 Å². The van der Waals surface area contributed by atoms with Crippen LogP contribution in [0, 0.1) is 0 Å². The molecule has 2 unspecified atom stereocenters. The van der Waals surface area contributed by atoms with Crippen LogP contribution in [0.25, 0.3) is 0 Å². The molecule has 1 heterocycles. The molecule has 0 aromatic carbocycles. The lowest BCUT2D eigenvalue weighted by atomic mass is 10.4. The van der Waals surface area contributed by atoms with Crippen molar-refractivity contribution in [3.8, 4) is 0 Å². The maximum Gasteiger partial charge on any atom is 0.180 e. The first-order chi connectivity index (χ1) is 7.36. The Morgan fingerprint density at radius 3 is 1.80 bits per heavy atom. The fourth-order valence-electron chi connectivity index (χ4n) is 1.28. The Kier molecular flexibility index (Phi) is 6.64. The van der Waals surface area contributed by atoms with Crippen LogP contribution in [0.3, 0.4) is 0 Å². The highest BCUT2D eigenvalue weighted by Crippen LogP contribution is 2.14. The minimum Gasteiger partial charge on any atom is -0.349 e. The lowest BCUT2D eigenvalue weighted by Crippen LogP contribution is -2.18. The van der Waals surface area contributed by atoms with E-state index in [9.17, 15) is 0 Å². The monoisotopic (exact) mass is 214 g/mol. The average Bonchev–Trinajstić information content (AvgIpc) is 2.67. The average molecular weight is 214 g/mol. The molecule has 2 atom stereocenters. The molecule has 0 aromatic rings. The van der Waals surface area contributed by atoms with Gasteiger partial charge >= 0.3 is 0 Å². The summed E-state index contributed by atoms with van der Waals surface area (Å²) in [5.41, 5.74) is 0. The molecule has 0 amide bonds. The van der Waals surface area contributed by atoms with Crippen LogP contribution >= 0.6 is 0 Å². The van der Waals surface area contributed by atoms with Crippen LogP contribution < -0.4 is 0 Å². The zero-order valence-electron chi connectivity index (χ0n) is 9.78. The number of ether oxygens (including phenoxy) is 3. The van der Waals surface area contributed by atoms with E-state index in [1.165, 1.54) is 0 Å². The maximum atomic E-state index is 5.50. The van der Waals surface area contributed by atoms with E-state index in [1.54, 1.807) is 0 Å². The molecular weight excluding hydrogens is 192 g/mol. The van der Waals surface area contributed by atoms with Crippen molar-refractivity contribution in [3.05, 3.63) is 12.2 Å². The van der Waals surface area contributed by atoms with Gasteiger partial charge in [0.2, 0.25) is 0 Å². The van der Waals surface area contributed by atoms with Gasteiger partial charge in [0.15, 0.2) is 12.6 Å². The summed E-state index contributed by atoms with van der Waals surface area (Å²) in [6.07, 6.45) is 7.88. The first kappa shape index (κ1) is 12.7. The molecular formula is C12H22O3. The summed E-state index contributed by atoms with van der Waals surface area (Å²) < 4.78 is 16.5. The van der Waals surface area contributed by atoms with Crippen molar-refractivity contribution in [2.45, 2.75) is 52.1 Å². The Bertz CT molecular complexity index is 162. The van der Waals surface area contributed by atoms with E-state index in [0.717, 1.165) is 38.9 Å². The first-order valence-electron chi connectivity index (χ1n) is 5.93. The van der Waals surface area contributed by atoms with E-state index in [0.29, 0.717) is 0 Å². The summed E-state index contributed by atoms with van der Waals surface area (Å²) >= 11 is 0. The third-order valence-corrected chi connectivity index (χ3v) is 2.25. The van der Waals surface area contributed by atoms with E-state index >= 15 is 0 Å². The number of hydrogen-bond acceptors (Lipinski definition) is 3. The van der Waals surface area contributed by atoms with Crippen molar-refractivity contribution in [2.24, 2.45) is 0 Å². The van der Waals surface area contributed by atoms with Gasteiger partial charge in [-0.25, -0.2) is 0 Å². The topological polar surface area (TPSA) is 27.7 Å². The van der Waals surface area contributed by atoms with Gasteiger partial charge in [-0.05, 0) is 25.0 Å². The van der Waals surface area contributed by atoms with Crippen molar-refractivity contribution in [1.82, 2.24) is 0 Å². The fourth-order valence-corrected chi connectivity index (χ4v) is 1.28. The van der Waals surface area contributed by atoms with E-state index in [4.69, 9.17) is 14.2 Å². The Balaban J connectivity index is 2.03. The lowest BCUT2D eigenvalue weighted by Gasteiger charge is -2.14. The summed E-state index contributed by atoms with van der Waals surface area (Å²) in [5, 5.41) is 0. The van der Waals surface area contributed by atoms with E-state index in [2.05, 4.69) is 13.8 Å². The maximum absolute atomic E-state index is 5.50. The standard InChI is InChI=1S/C12H22O3/c1-3-5-9-13-11-7-8-12(15-11)14-10-6-4-2/h7-8,11-12H,3-6,9-10H2,1-2H3. The fraction of sp³-hybridized carbons (Fsp3) is 0.833. The SMILES string of the molecule is CCCCOC1C=CC(OCCCC)O1. The van der Waals surface area contributed by atoms with Crippen LogP contribution in [0.15, 0.2) is 12.2 Å². The number of rotatable bonds is 8. The van der Waals surface area contributed by atoms with Gasteiger partial charge < -0.3 is 14.2 Å². The molecule has 1 aliphatic rings. The van der Waals surface area contributed by atoms with Gasteiger partial charge in [0.25, 0.3) is 0 Å². The molecule has 1 aliphatic heterocycles. The Morgan fingerprint density at radius 1 is 0.933 bits per heavy atom. The highest BCUT2D eigenvalue weighted by Gasteiger charge is 2.19. The van der Waals surface area contributed by atoms with E-state index < -0.39 is 0 Å². The molecule has 0 bridgehead atoms. The quantitative estimate of drug-likeness (QED) is 0.459. The van der Waals surface area contributed by atoms with Crippen molar-refractivity contribution in [2.75, 3.05) is 13.2 Å². The third kappa shape index (κ3) is 5.30. The Labute approximate surface area is 92.4 Å². The second kappa shape index (κ2) is 7.85. The molecule has 0 radical (unpaired) electrons. The molecule has 3 heteroatoms. The number of unbranched alkanes of at least 4 members (excludes halogenated alkanes) is 2. The Hall–Kier alpha value is -0.380. The van der Waals surface area contributed by atoms with Crippen molar-refractivity contribution < 1.29 is 14.2 Å². The third-order valence-electron chi connectivity index (χ3n) is 2.25. The molecule has 1 rings (SSSR count). The molecule has 88 valence electrons. The summed E-state index contributed by atoms with van der Waals surface area (Å²) in [7, 11) is 0. The Morgan fingerprint density at radius 2 is 1.40 bits per heavy atom. The summed E-state index contributed by atoms with van der Waals surface area (Å²) in [6.45, 7) is 5.80. The lowest BCUT2D eigenvalue weighted by molar-refractivity contribution is -0.193. The molecule has 0 aromatic heterocycles. The first-order valence-corrected chi connectivity index (χ1v) is 5.93. The smallest absolute Gasteiger partial charge is 0.180 e. The van der Waals surface area contributed by atoms with E-state index in [-0.39, 0.29) is 12.6 Å². The molecule has 0 saturated carbocycles. The van der Waals surface area contributed by atoms with Gasteiger partial charge in [-0.15, -0.1) is 0 Å². The predicted octanol–water partition coefficient (Wildman–Crippen LogP) is 2.86. The molecule has 3 nitrogen and oxygen atoms in total. The second-order valence-electron chi connectivity index (χ2n) is 3.71. The van der Waals surface area contributed by atoms with Gasteiger partial charge in [-0.1, -0.05) is 26.7 Å². The van der Waals surface area contributed by atoms with Crippen molar-refractivity contribution in [1.29, 1.82) is 0 Å². The summed E-state index contributed by atoms with van der Waals surface area (Å²) in [6, 6.07) is 0. The molecule has 0 spiro atoms. The molecule has 0 aliphatic carbocycles. The highest BCUT2D eigenvalue weighted by atomic mass is 16.8. The van der Waals surface area contributed by atoms with Crippen LogP contribution in [0.4, 0.5) is 0 Å². The van der Waals surface area contributed by atoms with Crippen molar-refractivity contribution in [3.63, 3.8) is 0 Å². The van der Waals surface area contributed by atoms with Gasteiger partial charge in [-0.2, -0.15) is 0 Å². The van der Waals surface area contributed by atoms with Gasteiger partial charge in [0.1, 0.15) is 0 Å². The van der Waals surface area contributed by atoms with Crippen LogP contribution in [-0.2, 0) is 14.2 Å². The largest absolute Gasteiger partial charge is 0.349 e. The normalized spacial score (nSPS) is 24.9. The molecule has 15 heavy (non-hydrogen) atoms. The zero-order chi connectivity index (χ0) is 10.9. The molecule has 0 saturated heterocycles. The minimum atomic E-state index is -0.205. The van der Waals surface area contributed by atoms with Crippen LogP contribution in [0.5, 0.6) is 0 Å². The van der Waals surface area contributed by atoms with Crippen LogP contribution in [0.2, 0.25) is 0 Å². The van der Waals surface area contributed by atoms with Gasteiger partial charge in [0.05, 0.1) is 13.2 Å². The second-order valence-corrected chi connectivity index (χ2v) is 3.71. The minimum absolute atomic E-state index is 0.205. The summed E-state index contributed by atoms with van der Waals surface area (Å²) in [4.78, 5) is 0. The summed E-state index contributed by atoms with van der Waals surface area (Å²) in [5.74, 6) is 0. The number of hydrogen-bond donors (Lipinski definition) is 0. The predicted molar refractivity (Wildman–Crippen MR) is 59.5 cm³/mol. The highest BCUT2D eigenvalue weighted by molar-refractivity contribution is 4.95.